The highest BCUT2D eigenvalue weighted by atomic mass is 16.6. The molecule has 2 aromatic rings. The van der Waals surface area contributed by atoms with Crippen LogP contribution in [0.1, 0.15) is 12.0 Å². The molecule has 8 nitrogen and oxygen atoms in total. The third-order valence-electron chi connectivity index (χ3n) is 4.22. The van der Waals surface area contributed by atoms with Gasteiger partial charge >= 0.3 is 0 Å². The van der Waals surface area contributed by atoms with Crippen molar-refractivity contribution in [3.8, 4) is 5.75 Å². The van der Waals surface area contributed by atoms with Gasteiger partial charge in [0.25, 0.3) is 5.69 Å². The third kappa shape index (κ3) is 4.27. The Morgan fingerprint density at radius 2 is 2.15 bits per heavy atom. The molecule has 0 bridgehead atoms. The van der Waals surface area contributed by atoms with E-state index in [1.807, 2.05) is 30.3 Å². The number of ether oxygens (including phenoxy) is 1. The van der Waals surface area contributed by atoms with Crippen LogP contribution in [0.25, 0.3) is 0 Å². The van der Waals surface area contributed by atoms with Crippen molar-refractivity contribution in [3.63, 3.8) is 0 Å². The van der Waals surface area contributed by atoms with E-state index < -0.39 is 4.92 Å². The molecular formula is C18H20N4O4. The minimum Gasteiger partial charge on any atom is -0.492 e. The van der Waals surface area contributed by atoms with Gasteiger partial charge in [0, 0.05) is 18.5 Å². The largest absolute Gasteiger partial charge is 0.492 e. The van der Waals surface area contributed by atoms with Crippen molar-refractivity contribution in [3.05, 3.63) is 58.3 Å². The van der Waals surface area contributed by atoms with E-state index in [4.69, 9.17) is 4.74 Å². The van der Waals surface area contributed by atoms with Gasteiger partial charge in [-0.25, -0.2) is 4.98 Å². The smallest absolute Gasteiger partial charge is 0.290 e. The van der Waals surface area contributed by atoms with Crippen LogP contribution in [-0.4, -0.2) is 46.5 Å². The summed E-state index contributed by atoms with van der Waals surface area (Å²) in [6.07, 6.45) is 1.60. The molecule has 2 heterocycles. The Balaban J connectivity index is 1.51. The fraction of sp³-hybridized carbons (Fsp3) is 0.333. The molecule has 1 N–H and O–H groups in total. The molecule has 136 valence electrons. The van der Waals surface area contributed by atoms with Crippen LogP contribution in [0.15, 0.2) is 42.6 Å². The highest BCUT2D eigenvalue weighted by Gasteiger charge is 2.29. The number of aromatic nitrogens is 1. The number of hydrogen-bond donors (Lipinski definition) is 1. The fourth-order valence-electron chi connectivity index (χ4n) is 2.90. The normalized spacial score (nSPS) is 16.6. The summed E-state index contributed by atoms with van der Waals surface area (Å²) < 4.78 is 5.63. The molecule has 1 saturated heterocycles. The first-order valence-electron chi connectivity index (χ1n) is 8.36. The second-order valence-electron chi connectivity index (χ2n) is 6.16. The number of pyridine rings is 1. The highest BCUT2D eigenvalue weighted by molar-refractivity contribution is 5.80. The summed E-state index contributed by atoms with van der Waals surface area (Å²) in [6.45, 7) is 3.16. The van der Waals surface area contributed by atoms with Gasteiger partial charge in [0.1, 0.15) is 24.4 Å². The number of nitrogens with one attached hydrogen (secondary N) is 1. The highest BCUT2D eigenvalue weighted by Crippen LogP contribution is 2.21. The molecule has 1 atom stereocenters. The average molecular weight is 356 g/mol. The number of carbonyl (C=O) groups is 1. The molecule has 1 aliphatic heterocycles. The van der Waals surface area contributed by atoms with Crippen molar-refractivity contribution in [1.82, 2.24) is 9.88 Å². The Morgan fingerprint density at radius 3 is 2.85 bits per heavy atom. The maximum Gasteiger partial charge on any atom is 0.290 e. The molecule has 0 radical (unpaired) electrons. The Hall–Kier alpha value is -3.16. The quantitative estimate of drug-likeness (QED) is 0.604. The number of para-hydroxylation sites is 1. The van der Waals surface area contributed by atoms with E-state index in [0.29, 0.717) is 37.5 Å². The first-order valence-corrected chi connectivity index (χ1v) is 8.36. The number of nitro groups is 1. The molecule has 1 aliphatic rings. The fourth-order valence-corrected chi connectivity index (χ4v) is 2.90. The first kappa shape index (κ1) is 17.7. The zero-order chi connectivity index (χ0) is 18.5. The van der Waals surface area contributed by atoms with Gasteiger partial charge in [-0.1, -0.05) is 18.2 Å². The molecule has 1 fully saturated rings. The van der Waals surface area contributed by atoms with E-state index in [9.17, 15) is 14.9 Å². The van der Waals surface area contributed by atoms with Crippen molar-refractivity contribution >= 4 is 17.4 Å². The van der Waals surface area contributed by atoms with Gasteiger partial charge in [-0.2, -0.15) is 0 Å². The first-order chi connectivity index (χ1) is 12.5. The van der Waals surface area contributed by atoms with E-state index in [0.717, 1.165) is 5.75 Å². The van der Waals surface area contributed by atoms with Gasteiger partial charge < -0.3 is 15.0 Å². The second-order valence-corrected chi connectivity index (χ2v) is 6.16. The standard InChI is InChI=1S/C18H20N4O4/c1-13-9-17(19-11-16(13)22(24)25)20-14-10-18(23)21(12-14)7-8-26-15-5-3-2-4-6-15/h2-6,9,11,14H,7-8,10,12H2,1H3,(H,19,20). The lowest BCUT2D eigenvalue weighted by atomic mass is 10.2. The number of carbonyl (C=O) groups excluding carboxylic acids is 1. The number of aryl methyl sites for hydroxylation is 1. The van der Waals surface area contributed by atoms with Crippen LogP contribution in [0, 0.1) is 17.0 Å². The zero-order valence-corrected chi connectivity index (χ0v) is 14.4. The van der Waals surface area contributed by atoms with Crippen LogP contribution in [0.2, 0.25) is 0 Å². The molecular weight excluding hydrogens is 336 g/mol. The predicted octanol–water partition coefficient (Wildman–Crippen LogP) is 2.39. The molecule has 3 rings (SSSR count). The summed E-state index contributed by atoms with van der Waals surface area (Å²) in [7, 11) is 0. The van der Waals surface area contributed by atoms with Crippen molar-refractivity contribution in [2.24, 2.45) is 0 Å². The summed E-state index contributed by atoms with van der Waals surface area (Å²) >= 11 is 0. The third-order valence-corrected chi connectivity index (χ3v) is 4.22. The number of rotatable bonds is 7. The summed E-state index contributed by atoms with van der Waals surface area (Å²) in [4.78, 5) is 28.4. The van der Waals surface area contributed by atoms with E-state index in [-0.39, 0.29) is 17.6 Å². The number of benzene rings is 1. The number of nitrogens with zero attached hydrogens (tertiary/aromatic N) is 3. The van der Waals surface area contributed by atoms with Crippen molar-refractivity contribution in [2.45, 2.75) is 19.4 Å². The van der Waals surface area contributed by atoms with Crippen LogP contribution >= 0.6 is 0 Å². The van der Waals surface area contributed by atoms with E-state index in [1.165, 1.54) is 6.20 Å². The van der Waals surface area contributed by atoms with Crippen molar-refractivity contribution < 1.29 is 14.5 Å². The lowest BCUT2D eigenvalue weighted by molar-refractivity contribution is -0.385. The molecule has 0 aliphatic carbocycles. The van der Waals surface area contributed by atoms with Crippen molar-refractivity contribution in [2.75, 3.05) is 25.0 Å². The molecule has 26 heavy (non-hydrogen) atoms. The monoisotopic (exact) mass is 356 g/mol. The number of amides is 1. The zero-order valence-electron chi connectivity index (χ0n) is 14.4. The number of hydrogen-bond acceptors (Lipinski definition) is 6. The number of likely N-dealkylation sites (tertiary alicyclic amines) is 1. The topological polar surface area (TPSA) is 97.6 Å². The molecule has 0 saturated carbocycles. The van der Waals surface area contributed by atoms with Crippen molar-refractivity contribution in [1.29, 1.82) is 0 Å². The van der Waals surface area contributed by atoms with Crippen LogP contribution in [0.3, 0.4) is 0 Å². The van der Waals surface area contributed by atoms with Gasteiger partial charge in [-0.05, 0) is 25.1 Å². The second kappa shape index (κ2) is 7.81. The van der Waals surface area contributed by atoms with Gasteiger partial charge in [0.15, 0.2) is 0 Å². The molecule has 1 aromatic carbocycles. The van der Waals surface area contributed by atoms with Gasteiger partial charge in [-0.15, -0.1) is 0 Å². The minimum atomic E-state index is -0.459. The van der Waals surface area contributed by atoms with Crippen LogP contribution in [0.4, 0.5) is 11.5 Å². The molecule has 0 spiro atoms. The minimum absolute atomic E-state index is 0.0160. The Bertz CT molecular complexity index is 797. The van der Waals surface area contributed by atoms with Crippen LogP contribution in [0.5, 0.6) is 5.75 Å². The summed E-state index contributed by atoms with van der Waals surface area (Å²) in [6, 6.07) is 11.0. The van der Waals surface area contributed by atoms with Crippen LogP contribution < -0.4 is 10.1 Å². The summed E-state index contributed by atoms with van der Waals surface area (Å²) in [5.74, 6) is 1.37. The van der Waals surface area contributed by atoms with Crippen LogP contribution in [-0.2, 0) is 4.79 Å². The molecule has 1 aromatic heterocycles. The maximum atomic E-state index is 12.1. The van der Waals surface area contributed by atoms with E-state index >= 15 is 0 Å². The Labute approximate surface area is 150 Å². The SMILES string of the molecule is Cc1cc(NC2CC(=O)N(CCOc3ccccc3)C2)ncc1[N+](=O)[O-]. The molecule has 1 unspecified atom stereocenters. The van der Waals surface area contributed by atoms with Gasteiger partial charge in [0.2, 0.25) is 5.91 Å². The molecule has 8 heteroatoms. The Morgan fingerprint density at radius 1 is 1.38 bits per heavy atom. The molecule has 1 amide bonds. The van der Waals surface area contributed by atoms with E-state index in [1.54, 1.807) is 17.9 Å². The summed E-state index contributed by atoms with van der Waals surface area (Å²) in [5.41, 5.74) is 0.516. The lowest BCUT2D eigenvalue weighted by Gasteiger charge is -2.17. The van der Waals surface area contributed by atoms with E-state index in [2.05, 4.69) is 10.3 Å². The average Bonchev–Trinajstić information content (AvgIpc) is 2.95. The maximum absolute atomic E-state index is 12.1. The van der Waals surface area contributed by atoms with Gasteiger partial charge in [0.05, 0.1) is 17.5 Å². The predicted molar refractivity (Wildman–Crippen MR) is 96.2 cm³/mol. The number of anilines is 1. The Kier molecular flexibility index (Phi) is 5.31. The summed E-state index contributed by atoms with van der Waals surface area (Å²) in [5, 5.41) is 14.0. The lowest BCUT2D eigenvalue weighted by Crippen LogP contribution is -2.31. The van der Waals surface area contributed by atoms with Gasteiger partial charge in [-0.3, -0.25) is 14.9 Å².